The summed E-state index contributed by atoms with van der Waals surface area (Å²) in [6.45, 7) is 5.40. The quantitative estimate of drug-likeness (QED) is 0.588. The maximum absolute atomic E-state index is 5.76. The molecule has 3 N–H and O–H groups in total. The minimum Gasteiger partial charge on any atom is -0.398 e. The molecule has 96 valence electrons. The number of halogens is 1. The summed E-state index contributed by atoms with van der Waals surface area (Å²) in [5.41, 5.74) is 7.83. The van der Waals surface area contributed by atoms with Crippen molar-refractivity contribution in [1.82, 2.24) is 5.32 Å². The molecule has 17 heavy (non-hydrogen) atoms. The molecule has 0 aliphatic heterocycles. The molecule has 0 heterocycles. The molecule has 1 aromatic carbocycles. The van der Waals surface area contributed by atoms with Gasteiger partial charge in [0.2, 0.25) is 0 Å². The molecule has 1 rings (SSSR count). The Morgan fingerprint density at radius 1 is 1.35 bits per heavy atom. The molecule has 1 aromatic rings. The van der Waals surface area contributed by atoms with Crippen LogP contribution in [0.25, 0.3) is 0 Å². The van der Waals surface area contributed by atoms with E-state index in [0.29, 0.717) is 6.04 Å². The number of nitrogens with two attached hydrogens (primary N) is 1. The van der Waals surface area contributed by atoms with Gasteiger partial charge in [0.05, 0.1) is 0 Å². The summed E-state index contributed by atoms with van der Waals surface area (Å²) in [7, 11) is 0. The molecule has 0 spiro atoms. The van der Waals surface area contributed by atoms with Gasteiger partial charge in [0.1, 0.15) is 0 Å². The van der Waals surface area contributed by atoms with E-state index in [1.165, 1.54) is 31.2 Å². The molecule has 0 saturated carbocycles. The standard InChI is InChI=1S/C14H23BrN2/c1-3-4-5-6-11(2)17-10-12-7-8-14(16)13(15)9-12/h7-9,11,17H,3-6,10,16H2,1-2H3. The molecule has 1 unspecified atom stereocenters. The van der Waals surface area contributed by atoms with Gasteiger partial charge in [-0.05, 0) is 47.0 Å². The zero-order valence-electron chi connectivity index (χ0n) is 10.8. The van der Waals surface area contributed by atoms with Gasteiger partial charge in [-0.2, -0.15) is 0 Å². The molecule has 0 aliphatic rings. The normalized spacial score (nSPS) is 12.6. The van der Waals surface area contributed by atoms with Crippen LogP contribution in [0, 0.1) is 0 Å². The minimum absolute atomic E-state index is 0.581. The van der Waals surface area contributed by atoms with Gasteiger partial charge in [0.15, 0.2) is 0 Å². The fourth-order valence-corrected chi connectivity index (χ4v) is 2.20. The highest BCUT2D eigenvalue weighted by Gasteiger charge is 2.02. The molecule has 0 aliphatic carbocycles. The van der Waals surface area contributed by atoms with Crippen molar-refractivity contribution in [2.45, 2.75) is 52.1 Å². The third kappa shape index (κ3) is 5.55. The van der Waals surface area contributed by atoms with Crippen LogP contribution in [0.1, 0.15) is 45.1 Å². The Morgan fingerprint density at radius 3 is 2.76 bits per heavy atom. The summed E-state index contributed by atoms with van der Waals surface area (Å²) in [5, 5.41) is 3.54. The molecule has 0 aromatic heterocycles. The second-order valence-electron chi connectivity index (χ2n) is 4.63. The number of nitrogen functional groups attached to an aromatic ring is 1. The van der Waals surface area contributed by atoms with Crippen LogP contribution in [-0.4, -0.2) is 6.04 Å². The first-order valence-electron chi connectivity index (χ1n) is 6.40. The number of rotatable bonds is 7. The first-order chi connectivity index (χ1) is 8.13. The molecule has 0 radical (unpaired) electrons. The van der Waals surface area contributed by atoms with Crippen molar-refractivity contribution in [3.63, 3.8) is 0 Å². The molecule has 0 fully saturated rings. The number of nitrogens with one attached hydrogen (secondary N) is 1. The van der Waals surface area contributed by atoms with E-state index in [9.17, 15) is 0 Å². The lowest BCUT2D eigenvalue weighted by atomic mass is 10.1. The van der Waals surface area contributed by atoms with Crippen molar-refractivity contribution >= 4 is 21.6 Å². The van der Waals surface area contributed by atoms with Gasteiger partial charge < -0.3 is 11.1 Å². The largest absolute Gasteiger partial charge is 0.398 e. The van der Waals surface area contributed by atoms with E-state index in [-0.39, 0.29) is 0 Å². The highest BCUT2D eigenvalue weighted by molar-refractivity contribution is 9.10. The Kier molecular flexibility index (Phi) is 6.60. The van der Waals surface area contributed by atoms with Crippen LogP contribution >= 0.6 is 15.9 Å². The van der Waals surface area contributed by atoms with Gasteiger partial charge in [-0.1, -0.05) is 32.3 Å². The summed E-state index contributed by atoms with van der Waals surface area (Å²) in [6, 6.07) is 6.69. The summed E-state index contributed by atoms with van der Waals surface area (Å²) in [6.07, 6.45) is 5.19. The highest BCUT2D eigenvalue weighted by Crippen LogP contribution is 2.20. The lowest BCUT2D eigenvalue weighted by Gasteiger charge is -2.14. The molecule has 2 nitrogen and oxygen atoms in total. The smallest absolute Gasteiger partial charge is 0.0458 e. The molecule has 0 saturated heterocycles. The number of hydrogen-bond acceptors (Lipinski definition) is 2. The van der Waals surface area contributed by atoms with Crippen molar-refractivity contribution in [2.75, 3.05) is 5.73 Å². The maximum Gasteiger partial charge on any atom is 0.0458 e. The zero-order valence-corrected chi connectivity index (χ0v) is 12.4. The zero-order chi connectivity index (χ0) is 12.7. The highest BCUT2D eigenvalue weighted by atomic mass is 79.9. The van der Waals surface area contributed by atoms with E-state index >= 15 is 0 Å². The van der Waals surface area contributed by atoms with Gasteiger partial charge in [-0.25, -0.2) is 0 Å². The Balaban J connectivity index is 2.31. The van der Waals surface area contributed by atoms with Crippen molar-refractivity contribution in [2.24, 2.45) is 0 Å². The lowest BCUT2D eigenvalue weighted by Crippen LogP contribution is -2.25. The Hall–Kier alpha value is -0.540. The van der Waals surface area contributed by atoms with Crippen LogP contribution < -0.4 is 11.1 Å². The summed E-state index contributed by atoms with van der Waals surface area (Å²) in [4.78, 5) is 0. The van der Waals surface area contributed by atoms with Crippen molar-refractivity contribution in [3.05, 3.63) is 28.2 Å². The van der Waals surface area contributed by atoms with Gasteiger partial charge >= 0.3 is 0 Å². The third-order valence-electron chi connectivity index (χ3n) is 2.96. The molecule has 3 heteroatoms. The van der Waals surface area contributed by atoms with Gasteiger partial charge in [-0.15, -0.1) is 0 Å². The summed E-state index contributed by atoms with van der Waals surface area (Å²) >= 11 is 3.45. The maximum atomic E-state index is 5.76. The molecular formula is C14H23BrN2. The SMILES string of the molecule is CCCCCC(C)NCc1ccc(N)c(Br)c1. The first kappa shape index (κ1) is 14.5. The van der Waals surface area contributed by atoms with Crippen molar-refractivity contribution < 1.29 is 0 Å². The second kappa shape index (κ2) is 7.72. The second-order valence-corrected chi connectivity index (χ2v) is 5.49. The molecule has 0 bridgehead atoms. The third-order valence-corrected chi connectivity index (χ3v) is 3.65. The Morgan fingerprint density at radius 2 is 2.12 bits per heavy atom. The van der Waals surface area contributed by atoms with Crippen LogP contribution in [0.5, 0.6) is 0 Å². The average molecular weight is 299 g/mol. The fraction of sp³-hybridized carbons (Fsp3) is 0.571. The van der Waals surface area contributed by atoms with Crippen LogP contribution in [0.3, 0.4) is 0 Å². The molecular weight excluding hydrogens is 276 g/mol. The Bertz CT molecular complexity index is 339. The average Bonchev–Trinajstić information content (AvgIpc) is 2.31. The number of hydrogen-bond donors (Lipinski definition) is 2. The van der Waals surface area contributed by atoms with Gasteiger partial charge in [0.25, 0.3) is 0 Å². The minimum atomic E-state index is 0.581. The van der Waals surface area contributed by atoms with Crippen LogP contribution in [0.2, 0.25) is 0 Å². The monoisotopic (exact) mass is 298 g/mol. The van der Waals surface area contributed by atoms with Crippen molar-refractivity contribution in [1.29, 1.82) is 0 Å². The predicted octanol–water partition coefficient (Wildman–Crippen LogP) is 4.09. The van der Waals surface area contributed by atoms with E-state index in [1.54, 1.807) is 0 Å². The van der Waals surface area contributed by atoms with E-state index in [4.69, 9.17) is 5.73 Å². The summed E-state index contributed by atoms with van der Waals surface area (Å²) < 4.78 is 0.982. The fourth-order valence-electron chi connectivity index (χ4n) is 1.78. The van der Waals surface area contributed by atoms with Crippen LogP contribution in [0.4, 0.5) is 5.69 Å². The number of unbranched alkanes of at least 4 members (excludes halogenated alkanes) is 2. The van der Waals surface area contributed by atoms with Gasteiger partial charge in [0, 0.05) is 22.7 Å². The summed E-state index contributed by atoms with van der Waals surface area (Å²) in [5.74, 6) is 0. The number of benzene rings is 1. The van der Waals surface area contributed by atoms with Crippen LogP contribution in [-0.2, 0) is 6.54 Å². The van der Waals surface area contributed by atoms with Crippen LogP contribution in [0.15, 0.2) is 22.7 Å². The topological polar surface area (TPSA) is 38.0 Å². The van der Waals surface area contributed by atoms with E-state index < -0.39 is 0 Å². The van der Waals surface area contributed by atoms with E-state index in [1.807, 2.05) is 6.07 Å². The van der Waals surface area contributed by atoms with E-state index in [2.05, 4.69) is 47.2 Å². The van der Waals surface area contributed by atoms with Gasteiger partial charge in [-0.3, -0.25) is 0 Å². The van der Waals surface area contributed by atoms with E-state index in [0.717, 1.165) is 16.7 Å². The Labute approximate surface area is 113 Å². The predicted molar refractivity (Wildman–Crippen MR) is 79.0 cm³/mol. The first-order valence-corrected chi connectivity index (χ1v) is 7.20. The molecule has 0 amide bonds. The lowest BCUT2D eigenvalue weighted by molar-refractivity contribution is 0.487. The van der Waals surface area contributed by atoms with Crippen molar-refractivity contribution in [3.8, 4) is 0 Å². The number of anilines is 1. The molecule has 1 atom stereocenters.